The van der Waals surface area contributed by atoms with Gasteiger partial charge in [0.05, 0.1) is 6.54 Å². The Morgan fingerprint density at radius 2 is 2.14 bits per heavy atom. The minimum atomic E-state index is -0.296. The van der Waals surface area contributed by atoms with E-state index in [1.54, 1.807) is 4.90 Å². The molecule has 1 amide bonds. The molecule has 3 heteroatoms. The molecular weight excluding hydrogens is 176 g/mol. The number of rotatable bonds is 1. The molecule has 0 saturated carbocycles. The average Bonchev–Trinajstić information content (AvgIpc) is 2.19. The van der Waals surface area contributed by atoms with Crippen molar-refractivity contribution in [1.29, 1.82) is 0 Å². The molecule has 1 fully saturated rings. The van der Waals surface area contributed by atoms with E-state index in [0.717, 1.165) is 11.3 Å². The molecule has 1 saturated heterocycles. The van der Waals surface area contributed by atoms with E-state index in [0.29, 0.717) is 6.54 Å². The summed E-state index contributed by atoms with van der Waals surface area (Å²) in [6.45, 7) is 4.72. The SMILES string of the molecule is Cc1cccc(N2CC(N)C2=O)c1C. The van der Waals surface area contributed by atoms with Gasteiger partial charge in [0, 0.05) is 5.69 Å². The maximum absolute atomic E-state index is 11.4. The van der Waals surface area contributed by atoms with Gasteiger partial charge in [0.2, 0.25) is 5.91 Å². The average molecular weight is 190 g/mol. The summed E-state index contributed by atoms with van der Waals surface area (Å²) in [5.41, 5.74) is 8.91. The van der Waals surface area contributed by atoms with E-state index in [-0.39, 0.29) is 11.9 Å². The summed E-state index contributed by atoms with van der Waals surface area (Å²) in [6, 6.07) is 5.68. The molecule has 1 aliphatic heterocycles. The molecule has 1 atom stereocenters. The topological polar surface area (TPSA) is 46.3 Å². The van der Waals surface area contributed by atoms with Crippen LogP contribution in [-0.2, 0) is 4.79 Å². The molecular formula is C11H14N2O. The fraction of sp³-hybridized carbons (Fsp3) is 0.364. The van der Waals surface area contributed by atoms with Crippen LogP contribution in [0, 0.1) is 13.8 Å². The molecule has 1 aromatic rings. The van der Waals surface area contributed by atoms with Crippen molar-refractivity contribution in [2.75, 3.05) is 11.4 Å². The zero-order valence-corrected chi connectivity index (χ0v) is 8.45. The first kappa shape index (κ1) is 9.21. The van der Waals surface area contributed by atoms with Crippen LogP contribution >= 0.6 is 0 Å². The lowest BCUT2D eigenvalue weighted by Gasteiger charge is -2.37. The molecule has 1 aliphatic rings. The highest BCUT2D eigenvalue weighted by Gasteiger charge is 2.35. The first-order valence-corrected chi connectivity index (χ1v) is 4.74. The van der Waals surface area contributed by atoms with Gasteiger partial charge in [-0.2, -0.15) is 0 Å². The first-order chi connectivity index (χ1) is 6.61. The normalized spacial score (nSPS) is 20.9. The minimum Gasteiger partial charge on any atom is -0.318 e. The second-order valence-corrected chi connectivity index (χ2v) is 3.77. The molecule has 0 radical (unpaired) electrons. The summed E-state index contributed by atoms with van der Waals surface area (Å²) < 4.78 is 0. The molecule has 74 valence electrons. The zero-order valence-electron chi connectivity index (χ0n) is 8.45. The van der Waals surface area contributed by atoms with Gasteiger partial charge in [-0.15, -0.1) is 0 Å². The van der Waals surface area contributed by atoms with Crippen molar-refractivity contribution in [2.24, 2.45) is 5.73 Å². The summed E-state index contributed by atoms with van der Waals surface area (Å²) in [5, 5.41) is 0. The summed E-state index contributed by atoms with van der Waals surface area (Å²) in [5.74, 6) is 0.0266. The Labute approximate surface area is 83.5 Å². The maximum Gasteiger partial charge on any atom is 0.245 e. The number of hydrogen-bond acceptors (Lipinski definition) is 2. The van der Waals surface area contributed by atoms with E-state index in [2.05, 4.69) is 0 Å². The van der Waals surface area contributed by atoms with Crippen LogP contribution in [0.2, 0.25) is 0 Å². The molecule has 1 unspecified atom stereocenters. The lowest BCUT2D eigenvalue weighted by atomic mass is 10.0. The van der Waals surface area contributed by atoms with Crippen LogP contribution in [0.15, 0.2) is 18.2 Å². The Morgan fingerprint density at radius 1 is 1.43 bits per heavy atom. The lowest BCUT2D eigenvalue weighted by Crippen LogP contribution is -2.61. The smallest absolute Gasteiger partial charge is 0.245 e. The van der Waals surface area contributed by atoms with Crippen molar-refractivity contribution >= 4 is 11.6 Å². The number of carbonyl (C=O) groups excluding carboxylic acids is 1. The van der Waals surface area contributed by atoms with Gasteiger partial charge in [-0.25, -0.2) is 0 Å². The Morgan fingerprint density at radius 3 is 2.71 bits per heavy atom. The monoisotopic (exact) mass is 190 g/mol. The number of benzene rings is 1. The second kappa shape index (κ2) is 3.10. The van der Waals surface area contributed by atoms with E-state index in [1.807, 2.05) is 32.0 Å². The number of anilines is 1. The fourth-order valence-corrected chi connectivity index (χ4v) is 1.70. The highest BCUT2D eigenvalue weighted by Crippen LogP contribution is 2.26. The van der Waals surface area contributed by atoms with Crippen molar-refractivity contribution in [1.82, 2.24) is 0 Å². The first-order valence-electron chi connectivity index (χ1n) is 4.74. The summed E-state index contributed by atoms with van der Waals surface area (Å²) >= 11 is 0. The third-order valence-corrected chi connectivity index (χ3v) is 2.83. The highest BCUT2D eigenvalue weighted by molar-refractivity contribution is 6.04. The summed E-state index contributed by atoms with van der Waals surface area (Å²) in [6.07, 6.45) is 0. The van der Waals surface area contributed by atoms with Crippen LogP contribution in [0.4, 0.5) is 5.69 Å². The number of β-lactam (4-membered cyclic amide) rings is 1. The quantitative estimate of drug-likeness (QED) is 0.671. The minimum absolute atomic E-state index is 0.0266. The number of nitrogens with zero attached hydrogens (tertiary/aromatic N) is 1. The number of amides is 1. The van der Waals surface area contributed by atoms with Crippen molar-refractivity contribution in [3.63, 3.8) is 0 Å². The largest absolute Gasteiger partial charge is 0.318 e. The number of nitrogens with two attached hydrogens (primary N) is 1. The fourth-order valence-electron chi connectivity index (χ4n) is 1.70. The van der Waals surface area contributed by atoms with Gasteiger partial charge < -0.3 is 10.6 Å². The van der Waals surface area contributed by atoms with Gasteiger partial charge >= 0.3 is 0 Å². The van der Waals surface area contributed by atoms with Gasteiger partial charge in [0.1, 0.15) is 6.04 Å². The van der Waals surface area contributed by atoms with Crippen molar-refractivity contribution in [2.45, 2.75) is 19.9 Å². The van der Waals surface area contributed by atoms with Gasteiger partial charge in [-0.05, 0) is 31.0 Å². The van der Waals surface area contributed by atoms with Crippen LogP contribution in [0.5, 0.6) is 0 Å². The molecule has 0 spiro atoms. The van der Waals surface area contributed by atoms with Gasteiger partial charge in [0.25, 0.3) is 0 Å². The van der Waals surface area contributed by atoms with Crippen LogP contribution in [-0.4, -0.2) is 18.5 Å². The van der Waals surface area contributed by atoms with E-state index in [9.17, 15) is 4.79 Å². The summed E-state index contributed by atoms with van der Waals surface area (Å²) in [4.78, 5) is 13.2. The van der Waals surface area contributed by atoms with Crippen molar-refractivity contribution < 1.29 is 4.79 Å². The summed E-state index contributed by atoms with van der Waals surface area (Å²) in [7, 11) is 0. The predicted octanol–water partition coefficient (Wildman–Crippen LogP) is 0.977. The predicted molar refractivity (Wildman–Crippen MR) is 56.2 cm³/mol. The van der Waals surface area contributed by atoms with E-state index < -0.39 is 0 Å². The highest BCUT2D eigenvalue weighted by atomic mass is 16.2. The van der Waals surface area contributed by atoms with Crippen LogP contribution in [0.25, 0.3) is 0 Å². The molecule has 2 rings (SSSR count). The Balaban J connectivity index is 2.34. The number of carbonyl (C=O) groups is 1. The molecule has 2 N–H and O–H groups in total. The lowest BCUT2D eigenvalue weighted by molar-refractivity contribution is -0.123. The van der Waals surface area contributed by atoms with E-state index in [1.165, 1.54) is 5.56 Å². The number of hydrogen-bond donors (Lipinski definition) is 1. The zero-order chi connectivity index (χ0) is 10.3. The van der Waals surface area contributed by atoms with Crippen LogP contribution in [0.1, 0.15) is 11.1 Å². The second-order valence-electron chi connectivity index (χ2n) is 3.77. The molecule has 14 heavy (non-hydrogen) atoms. The Hall–Kier alpha value is -1.35. The number of aryl methyl sites for hydroxylation is 1. The Bertz CT molecular complexity index is 387. The molecule has 1 heterocycles. The van der Waals surface area contributed by atoms with Crippen LogP contribution in [0.3, 0.4) is 0 Å². The third kappa shape index (κ3) is 1.21. The standard InChI is InChI=1S/C11H14N2O/c1-7-4-3-5-10(8(7)2)13-6-9(12)11(13)14/h3-5,9H,6,12H2,1-2H3. The van der Waals surface area contributed by atoms with Gasteiger partial charge in [-0.3, -0.25) is 4.79 Å². The van der Waals surface area contributed by atoms with E-state index >= 15 is 0 Å². The van der Waals surface area contributed by atoms with Crippen LogP contribution < -0.4 is 10.6 Å². The molecule has 1 aromatic carbocycles. The van der Waals surface area contributed by atoms with E-state index in [4.69, 9.17) is 5.73 Å². The third-order valence-electron chi connectivity index (χ3n) is 2.83. The molecule has 0 aromatic heterocycles. The van der Waals surface area contributed by atoms with Gasteiger partial charge in [0.15, 0.2) is 0 Å². The molecule has 0 aliphatic carbocycles. The van der Waals surface area contributed by atoms with Crippen molar-refractivity contribution in [3.8, 4) is 0 Å². The molecule has 0 bridgehead atoms. The Kier molecular flexibility index (Phi) is 2.04. The maximum atomic E-state index is 11.4. The van der Waals surface area contributed by atoms with Gasteiger partial charge in [-0.1, -0.05) is 12.1 Å². The molecule has 3 nitrogen and oxygen atoms in total. The van der Waals surface area contributed by atoms with Crippen molar-refractivity contribution in [3.05, 3.63) is 29.3 Å².